The van der Waals surface area contributed by atoms with Gasteiger partial charge in [-0.2, -0.15) is 13.2 Å². The van der Waals surface area contributed by atoms with Crippen LogP contribution in [0.25, 0.3) is 0 Å². The molecule has 1 rings (SSSR count). The lowest BCUT2D eigenvalue weighted by atomic mass is 10.1. The average molecular weight is 293 g/mol. The summed E-state index contributed by atoms with van der Waals surface area (Å²) in [6.07, 6.45) is -4.49. The molecule has 0 bridgehead atoms. The number of hydrogen-bond acceptors (Lipinski definition) is 2. The Labute approximate surface area is 116 Å². The van der Waals surface area contributed by atoms with Gasteiger partial charge in [0.15, 0.2) is 11.6 Å². The Kier molecular flexibility index (Phi) is 6.10. The van der Waals surface area contributed by atoms with Gasteiger partial charge in [0.25, 0.3) is 0 Å². The van der Waals surface area contributed by atoms with Crippen LogP contribution in [0.1, 0.15) is 33.1 Å². The van der Waals surface area contributed by atoms with Crippen LogP contribution in [0.2, 0.25) is 0 Å². The fourth-order valence-electron chi connectivity index (χ4n) is 1.83. The maximum absolute atomic E-state index is 13.6. The zero-order chi connectivity index (χ0) is 15.2. The highest BCUT2D eigenvalue weighted by atomic mass is 19.4. The van der Waals surface area contributed by atoms with Gasteiger partial charge >= 0.3 is 6.18 Å². The normalized spacial score (nSPS) is 13.1. The molecule has 1 atom stereocenters. The van der Waals surface area contributed by atoms with Crippen molar-refractivity contribution in [3.8, 4) is 5.75 Å². The van der Waals surface area contributed by atoms with Gasteiger partial charge in [-0.15, -0.1) is 0 Å². The lowest BCUT2D eigenvalue weighted by molar-refractivity contribution is -0.135. The van der Waals surface area contributed by atoms with E-state index in [9.17, 15) is 17.6 Å². The van der Waals surface area contributed by atoms with Crippen molar-refractivity contribution in [2.45, 2.75) is 45.3 Å². The van der Waals surface area contributed by atoms with Crippen LogP contribution in [0.15, 0.2) is 18.2 Å². The van der Waals surface area contributed by atoms with Gasteiger partial charge < -0.3 is 10.1 Å². The number of nitrogens with one attached hydrogen (secondary N) is 1. The van der Waals surface area contributed by atoms with Crippen molar-refractivity contribution in [2.24, 2.45) is 0 Å². The number of anilines is 1. The molecule has 0 amide bonds. The first-order valence-electron chi connectivity index (χ1n) is 6.57. The summed E-state index contributed by atoms with van der Waals surface area (Å²) in [5, 5.41) is 2.98. The number of benzene rings is 1. The van der Waals surface area contributed by atoms with E-state index in [1.54, 1.807) is 19.9 Å². The molecule has 0 aliphatic heterocycles. The fourth-order valence-corrected chi connectivity index (χ4v) is 1.83. The minimum atomic E-state index is -4.12. The van der Waals surface area contributed by atoms with E-state index in [1.165, 1.54) is 12.1 Å². The summed E-state index contributed by atoms with van der Waals surface area (Å²) in [7, 11) is 0. The third kappa shape index (κ3) is 6.12. The van der Waals surface area contributed by atoms with Gasteiger partial charge in [-0.3, -0.25) is 0 Å². The quantitative estimate of drug-likeness (QED) is 0.732. The van der Waals surface area contributed by atoms with Gasteiger partial charge in [0, 0.05) is 24.2 Å². The first-order valence-corrected chi connectivity index (χ1v) is 6.57. The molecule has 6 heteroatoms. The summed E-state index contributed by atoms with van der Waals surface area (Å²) in [5.41, 5.74) is 0.533. The molecule has 0 radical (unpaired) electrons. The van der Waals surface area contributed by atoms with Crippen LogP contribution in [-0.2, 0) is 0 Å². The highest BCUT2D eigenvalue weighted by molar-refractivity contribution is 5.47. The molecule has 1 aromatic rings. The third-order valence-electron chi connectivity index (χ3n) is 2.74. The second kappa shape index (κ2) is 7.36. The summed E-state index contributed by atoms with van der Waals surface area (Å²) in [5.74, 6) is -0.317. The van der Waals surface area contributed by atoms with Gasteiger partial charge in [-0.05, 0) is 38.8 Å². The van der Waals surface area contributed by atoms with Crippen molar-refractivity contribution in [2.75, 3.05) is 11.9 Å². The molecular weight excluding hydrogens is 274 g/mol. The largest absolute Gasteiger partial charge is 0.491 e. The minimum Gasteiger partial charge on any atom is -0.491 e. The minimum absolute atomic E-state index is 0.0528. The maximum atomic E-state index is 13.6. The topological polar surface area (TPSA) is 21.3 Å². The second-order valence-corrected chi connectivity index (χ2v) is 4.63. The molecular formula is C14H19F4NO. The van der Waals surface area contributed by atoms with Gasteiger partial charge in [0.05, 0.1) is 6.61 Å². The first kappa shape index (κ1) is 16.6. The molecule has 1 aromatic carbocycles. The van der Waals surface area contributed by atoms with E-state index in [4.69, 9.17) is 4.74 Å². The molecule has 0 aliphatic carbocycles. The molecule has 0 spiro atoms. The maximum Gasteiger partial charge on any atom is 0.389 e. The molecule has 1 unspecified atom stereocenters. The Balaban J connectivity index is 2.45. The Morgan fingerprint density at radius 3 is 2.55 bits per heavy atom. The Bertz CT molecular complexity index is 420. The van der Waals surface area contributed by atoms with Crippen LogP contribution in [0.4, 0.5) is 23.2 Å². The zero-order valence-corrected chi connectivity index (χ0v) is 11.6. The van der Waals surface area contributed by atoms with Gasteiger partial charge in [0.2, 0.25) is 0 Å². The van der Waals surface area contributed by atoms with E-state index < -0.39 is 18.4 Å². The standard InChI is InChI=1S/C14H19F4NO/c1-3-20-13-7-6-11(9-12(13)15)19-10(2)5-4-8-14(16,17)18/h6-7,9-10,19H,3-5,8H2,1-2H3. The summed E-state index contributed by atoms with van der Waals surface area (Å²) < 4.78 is 54.7. The smallest absolute Gasteiger partial charge is 0.389 e. The summed E-state index contributed by atoms with van der Waals surface area (Å²) in [4.78, 5) is 0. The predicted octanol–water partition coefficient (Wildman–Crippen LogP) is 4.76. The van der Waals surface area contributed by atoms with E-state index in [2.05, 4.69) is 5.32 Å². The van der Waals surface area contributed by atoms with Crippen molar-refractivity contribution < 1.29 is 22.3 Å². The van der Waals surface area contributed by atoms with Crippen LogP contribution in [-0.4, -0.2) is 18.8 Å². The summed E-state index contributed by atoms with van der Waals surface area (Å²) in [6.45, 7) is 3.90. The van der Waals surface area contributed by atoms with Gasteiger partial charge in [-0.25, -0.2) is 4.39 Å². The molecule has 0 fully saturated rings. The fraction of sp³-hybridized carbons (Fsp3) is 0.571. The average Bonchev–Trinajstić information content (AvgIpc) is 2.31. The number of hydrogen-bond donors (Lipinski definition) is 1. The highest BCUT2D eigenvalue weighted by Crippen LogP contribution is 2.24. The monoisotopic (exact) mass is 293 g/mol. The molecule has 0 aliphatic rings. The SMILES string of the molecule is CCOc1ccc(NC(C)CCCC(F)(F)F)cc1F. The van der Waals surface area contributed by atoms with E-state index in [0.29, 0.717) is 18.7 Å². The molecule has 0 heterocycles. The number of rotatable bonds is 7. The molecule has 0 aromatic heterocycles. The Morgan fingerprint density at radius 2 is 2.00 bits per heavy atom. The molecule has 0 saturated carbocycles. The first-order chi connectivity index (χ1) is 9.31. The van der Waals surface area contributed by atoms with Gasteiger partial charge in [-0.1, -0.05) is 0 Å². The van der Waals surface area contributed by atoms with E-state index in [1.807, 2.05) is 0 Å². The number of ether oxygens (including phenoxy) is 1. The van der Waals surface area contributed by atoms with E-state index in [-0.39, 0.29) is 18.2 Å². The van der Waals surface area contributed by atoms with Crippen LogP contribution < -0.4 is 10.1 Å². The van der Waals surface area contributed by atoms with Crippen molar-refractivity contribution in [1.82, 2.24) is 0 Å². The Morgan fingerprint density at radius 1 is 1.30 bits per heavy atom. The Hall–Kier alpha value is -1.46. The molecule has 114 valence electrons. The lowest BCUT2D eigenvalue weighted by Crippen LogP contribution is -2.16. The van der Waals surface area contributed by atoms with Crippen molar-refractivity contribution >= 4 is 5.69 Å². The highest BCUT2D eigenvalue weighted by Gasteiger charge is 2.26. The van der Waals surface area contributed by atoms with E-state index >= 15 is 0 Å². The van der Waals surface area contributed by atoms with Crippen LogP contribution in [0, 0.1) is 5.82 Å². The number of halogens is 4. The van der Waals surface area contributed by atoms with Crippen LogP contribution in [0.5, 0.6) is 5.75 Å². The van der Waals surface area contributed by atoms with Gasteiger partial charge in [0.1, 0.15) is 0 Å². The van der Waals surface area contributed by atoms with Crippen molar-refractivity contribution in [1.29, 1.82) is 0 Å². The predicted molar refractivity (Wildman–Crippen MR) is 70.6 cm³/mol. The zero-order valence-electron chi connectivity index (χ0n) is 11.6. The van der Waals surface area contributed by atoms with Crippen LogP contribution in [0.3, 0.4) is 0 Å². The summed E-state index contributed by atoms with van der Waals surface area (Å²) >= 11 is 0. The second-order valence-electron chi connectivity index (χ2n) is 4.63. The summed E-state index contributed by atoms with van der Waals surface area (Å²) in [6, 6.07) is 4.28. The van der Waals surface area contributed by atoms with Crippen molar-refractivity contribution in [3.05, 3.63) is 24.0 Å². The number of alkyl halides is 3. The molecule has 20 heavy (non-hydrogen) atoms. The van der Waals surface area contributed by atoms with Crippen molar-refractivity contribution in [3.63, 3.8) is 0 Å². The molecule has 2 nitrogen and oxygen atoms in total. The van der Waals surface area contributed by atoms with Crippen LogP contribution >= 0.6 is 0 Å². The molecule has 0 saturated heterocycles. The lowest BCUT2D eigenvalue weighted by Gasteiger charge is -2.16. The van der Waals surface area contributed by atoms with E-state index in [0.717, 1.165) is 0 Å². The molecule has 1 N–H and O–H groups in total. The third-order valence-corrected chi connectivity index (χ3v) is 2.74.